The summed E-state index contributed by atoms with van der Waals surface area (Å²) in [5.74, 6) is -0.729. The van der Waals surface area contributed by atoms with Crippen LogP contribution in [-0.4, -0.2) is 43.2 Å². The quantitative estimate of drug-likeness (QED) is 0.820. The average Bonchev–Trinajstić information content (AvgIpc) is 2.43. The van der Waals surface area contributed by atoms with Crippen LogP contribution in [0.15, 0.2) is 18.2 Å². The van der Waals surface area contributed by atoms with Gasteiger partial charge < -0.3 is 15.8 Å². The van der Waals surface area contributed by atoms with E-state index in [4.69, 9.17) is 10.5 Å². The number of morpholine rings is 1. The number of ether oxygens (including phenoxy) is 1. The number of hydrogen-bond acceptors (Lipinski definition) is 4. The number of benzene rings is 1. The normalized spacial score (nSPS) is 19.8. The zero-order valence-electron chi connectivity index (χ0n) is 11.6. The van der Waals surface area contributed by atoms with Crippen molar-refractivity contribution in [2.75, 3.05) is 37.3 Å². The van der Waals surface area contributed by atoms with E-state index in [9.17, 15) is 9.18 Å². The van der Waals surface area contributed by atoms with Crippen molar-refractivity contribution in [2.45, 2.75) is 19.4 Å². The molecule has 6 heteroatoms. The van der Waals surface area contributed by atoms with Gasteiger partial charge in [-0.15, -0.1) is 0 Å². The van der Waals surface area contributed by atoms with Gasteiger partial charge in [0.2, 0.25) is 5.91 Å². The van der Waals surface area contributed by atoms with Gasteiger partial charge in [0.1, 0.15) is 5.82 Å². The molecule has 1 unspecified atom stereocenters. The van der Waals surface area contributed by atoms with Crippen LogP contribution < -0.4 is 11.1 Å². The molecule has 0 radical (unpaired) electrons. The van der Waals surface area contributed by atoms with Crippen LogP contribution in [0.3, 0.4) is 0 Å². The minimum Gasteiger partial charge on any atom is -0.399 e. The smallest absolute Gasteiger partial charge is 0.238 e. The van der Waals surface area contributed by atoms with Gasteiger partial charge in [0, 0.05) is 18.8 Å². The molecule has 0 aromatic heterocycles. The molecule has 1 aliphatic rings. The molecule has 1 atom stereocenters. The Balaban J connectivity index is 1.90. The maximum atomic E-state index is 13.5. The lowest BCUT2D eigenvalue weighted by molar-refractivity contribution is -0.119. The highest BCUT2D eigenvalue weighted by Gasteiger charge is 2.21. The lowest BCUT2D eigenvalue weighted by atomic mass is 10.2. The van der Waals surface area contributed by atoms with Crippen LogP contribution in [0.4, 0.5) is 15.8 Å². The number of hydrogen-bond donors (Lipinski definition) is 2. The van der Waals surface area contributed by atoms with Crippen molar-refractivity contribution in [1.82, 2.24) is 4.90 Å². The first-order valence-corrected chi connectivity index (χ1v) is 6.77. The Kier molecular flexibility index (Phi) is 4.92. The number of nitrogens with one attached hydrogen (secondary N) is 1. The van der Waals surface area contributed by atoms with Gasteiger partial charge in [0.25, 0.3) is 0 Å². The molecule has 110 valence electrons. The van der Waals surface area contributed by atoms with Gasteiger partial charge in [-0.2, -0.15) is 0 Å². The van der Waals surface area contributed by atoms with E-state index in [1.807, 2.05) is 4.90 Å². The molecule has 0 bridgehead atoms. The van der Waals surface area contributed by atoms with Crippen molar-refractivity contribution >= 4 is 17.3 Å². The Morgan fingerprint density at radius 1 is 1.60 bits per heavy atom. The van der Waals surface area contributed by atoms with E-state index in [2.05, 4.69) is 12.2 Å². The molecule has 5 nitrogen and oxygen atoms in total. The number of nitrogen functional groups attached to an aromatic ring is 1. The van der Waals surface area contributed by atoms with Crippen LogP contribution in [0.25, 0.3) is 0 Å². The van der Waals surface area contributed by atoms with Crippen LogP contribution in [0, 0.1) is 5.82 Å². The molecule has 3 N–H and O–H groups in total. The fourth-order valence-electron chi connectivity index (χ4n) is 2.20. The monoisotopic (exact) mass is 281 g/mol. The highest BCUT2D eigenvalue weighted by atomic mass is 19.1. The molecule has 1 saturated heterocycles. The lowest BCUT2D eigenvalue weighted by Crippen LogP contribution is -2.45. The van der Waals surface area contributed by atoms with Crippen molar-refractivity contribution < 1.29 is 13.9 Å². The van der Waals surface area contributed by atoms with Crippen LogP contribution >= 0.6 is 0 Å². The molecule has 1 heterocycles. The highest BCUT2D eigenvalue weighted by Crippen LogP contribution is 2.17. The van der Waals surface area contributed by atoms with Crippen molar-refractivity contribution in [3.63, 3.8) is 0 Å². The van der Waals surface area contributed by atoms with E-state index >= 15 is 0 Å². The SMILES string of the molecule is CCC1CN(CC(=O)Nc2cc(N)ccc2F)CCO1. The molecule has 0 saturated carbocycles. The van der Waals surface area contributed by atoms with Crippen LogP contribution in [0.5, 0.6) is 0 Å². The number of nitrogens with zero attached hydrogens (tertiary/aromatic N) is 1. The summed E-state index contributed by atoms with van der Waals surface area (Å²) in [4.78, 5) is 13.9. The molecule has 20 heavy (non-hydrogen) atoms. The van der Waals surface area contributed by atoms with Crippen molar-refractivity contribution in [2.24, 2.45) is 0 Å². The Morgan fingerprint density at radius 3 is 3.15 bits per heavy atom. The van der Waals surface area contributed by atoms with Gasteiger partial charge in [-0.3, -0.25) is 9.69 Å². The average molecular weight is 281 g/mol. The predicted molar refractivity (Wildman–Crippen MR) is 75.9 cm³/mol. The Hall–Kier alpha value is -1.66. The molecule has 0 spiro atoms. The molecule has 1 amide bonds. The van der Waals surface area contributed by atoms with Gasteiger partial charge in [-0.05, 0) is 24.6 Å². The molecule has 1 aliphatic heterocycles. The minimum absolute atomic E-state index is 0.121. The van der Waals surface area contributed by atoms with Gasteiger partial charge >= 0.3 is 0 Å². The molecule has 1 fully saturated rings. The largest absolute Gasteiger partial charge is 0.399 e. The van der Waals surface area contributed by atoms with Crippen molar-refractivity contribution in [3.8, 4) is 0 Å². The number of anilines is 2. The Bertz CT molecular complexity index is 481. The summed E-state index contributed by atoms with van der Waals surface area (Å²) in [6.07, 6.45) is 1.09. The van der Waals surface area contributed by atoms with E-state index in [1.54, 1.807) is 0 Å². The van der Waals surface area contributed by atoms with E-state index in [-0.39, 0.29) is 24.2 Å². The third kappa shape index (κ3) is 3.91. The number of halogens is 1. The summed E-state index contributed by atoms with van der Waals surface area (Å²) >= 11 is 0. The molecule has 1 aromatic carbocycles. The summed E-state index contributed by atoms with van der Waals surface area (Å²) in [6, 6.07) is 4.12. The lowest BCUT2D eigenvalue weighted by Gasteiger charge is -2.31. The standard InChI is InChI=1S/C14H20FN3O2/c1-2-11-8-18(5-6-20-11)9-14(19)17-13-7-10(16)3-4-12(13)15/h3-4,7,11H,2,5-6,8-9,16H2,1H3,(H,17,19). The third-order valence-corrected chi connectivity index (χ3v) is 3.31. The second-order valence-corrected chi connectivity index (χ2v) is 4.92. The van der Waals surface area contributed by atoms with E-state index in [0.717, 1.165) is 13.0 Å². The maximum absolute atomic E-state index is 13.5. The van der Waals surface area contributed by atoms with Gasteiger partial charge in [-0.1, -0.05) is 6.92 Å². The first-order valence-electron chi connectivity index (χ1n) is 6.77. The topological polar surface area (TPSA) is 67.6 Å². The summed E-state index contributed by atoms with van der Waals surface area (Å²) in [6.45, 7) is 4.34. The molecule has 2 rings (SSSR count). The van der Waals surface area contributed by atoms with Crippen LogP contribution in [0.2, 0.25) is 0 Å². The van der Waals surface area contributed by atoms with Gasteiger partial charge in [0.15, 0.2) is 0 Å². The first kappa shape index (κ1) is 14.7. The number of carbonyl (C=O) groups is 1. The second kappa shape index (κ2) is 6.67. The fourth-order valence-corrected chi connectivity index (χ4v) is 2.20. The second-order valence-electron chi connectivity index (χ2n) is 4.92. The predicted octanol–water partition coefficient (Wildman–Crippen LogP) is 1.46. The number of rotatable bonds is 4. The van der Waals surface area contributed by atoms with Crippen LogP contribution in [0.1, 0.15) is 13.3 Å². The summed E-state index contributed by atoms with van der Waals surface area (Å²) in [5.41, 5.74) is 6.12. The number of amides is 1. The Morgan fingerprint density at radius 2 is 2.40 bits per heavy atom. The van der Waals surface area contributed by atoms with E-state index in [0.29, 0.717) is 18.8 Å². The molecule has 1 aromatic rings. The van der Waals surface area contributed by atoms with Crippen LogP contribution in [-0.2, 0) is 9.53 Å². The summed E-state index contributed by atoms with van der Waals surface area (Å²) in [7, 11) is 0. The number of nitrogens with two attached hydrogens (primary N) is 1. The first-order chi connectivity index (χ1) is 9.58. The third-order valence-electron chi connectivity index (χ3n) is 3.31. The minimum atomic E-state index is -0.485. The van der Waals surface area contributed by atoms with Crippen molar-refractivity contribution in [1.29, 1.82) is 0 Å². The summed E-state index contributed by atoms with van der Waals surface area (Å²) in [5, 5.41) is 2.55. The summed E-state index contributed by atoms with van der Waals surface area (Å²) < 4.78 is 19.1. The zero-order chi connectivity index (χ0) is 14.5. The fraction of sp³-hybridized carbons (Fsp3) is 0.500. The molecule has 0 aliphatic carbocycles. The number of carbonyl (C=O) groups excluding carboxylic acids is 1. The maximum Gasteiger partial charge on any atom is 0.238 e. The Labute approximate surface area is 117 Å². The zero-order valence-corrected chi connectivity index (χ0v) is 11.6. The van der Waals surface area contributed by atoms with Gasteiger partial charge in [0.05, 0.1) is 24.9 Å². The van der Waals surface area contributed by atoms with Gasteiger partial charge in [-0.25, -0.2) is 4.39 Å². The van der Waals surface area contributed by atoms with E-state index in [1.165, 1.54) is 18.2 Å². The molecular formula is C14H20FN3O2. The highest BCUT2D eigenvalue weighted by molar-refractivity contribution is 5.92. The van der Waals surface area contributed by atoms with Crippen molar-refractivity contribution in [3.05, 3.63) is 24.0 Å². The van der Waals surface area contributed by atoms with E-state index < -0.39 is 5.82 Å². The molecular weight excluding hydrogens is 261 g/mol.